The molecule has 1 amide bonds. The number of carbonyl (C=O) groups excluding carboxylic acids is 1. The number of hydrogen-bond acceptors (Lipinski definition) is 6. The number of hydrogen-bond donors (Lipinski definition) is 2. The van der Waals surface area contributed by atoms with Gasteiger partial charge in [0.2, 0.25) is 0 Å². The number of nitrogens with zero attached hydrogens (tertiary/aromatic N) is 2. The summed E-state index contributed by atoms with van der Waals surface area (Å²) in [5, 5.41) is 17.5. The van der Waals surface area contributed by atoms with Crippen LogP contribution in [0.4, 0.5) is 17.1 Å². The van der Waals surface area contributed by atoms with Crippen molar-refractivity contribution in [1.29, 1.82) is 0 Å². The van der Waals surface area contributed by atoms with Gasteiger partial charge in [-0.25, -0.2) is 0 Å². The van der Waals surface area contributed by atoms with Crippen LogP contribution in [0.5, 0.6) is 5.75 Å². The molecule has 178 valence electrons. The summed E-state index contributed by atoms with van der Waals surface area (Å²) in [4.78, 5) is 26.3. The zero-order valence-electron chi connectivity index (χ0n) is 19.5. The summed E-state index contributed by atoms with van der Waals surface area (Å²) in [7, 11) is 0. The minimum absolute atomic E-state index is 0.160. The Morgan fingerprint density at radius 3 is 2.38 bits per heavy atom. The third-order valence-electron chi connectivity index (χ3n) is 5.48. The molecule has 2 N–H and O–H groups in total. The van der Waals surface area contributed by atoms with E-state index in [9.17, 15) is 14.9 Å². The minimum atomic E-state index is -0.492. The molecule has 0 aliphatic carbocycles. The van der Waals surface area contributed by atoms with Crippen molar-refractivity contribution in [2.45, 2.75) is 20.4 Å². The maximum atomic E-state index is 12.9. The van der Waals surface area contributed by atoms with Gasteiger partial charge in [-0.1, -0.05) is 56.3 Å². The molecule has 0 fully saturated rings. The molecule has 0 bridgehead atoms. The lowest BCUT2D eigenvalue weighted by Gasteiger charge is -2.19. The number of amides is 1. The number of para-hydroxylation sites is 2. The van der Waals surface area contributed by atoms with Crippen LogP contribution in [0.15, 0.2) is 72.8 Å². The summed E-state index contributed by atoms with van der Waals surface area (Å²) in [6, 6.07) is 21.2. The lowest BCUT2D eigenvalue weighted by Crippen LogP contribution is -2.28. The normalized spacial score (nSPS) is 10.7. The molecule has 0 saturated heterocycles. The van der Waals surface area contributed by atoms with E-state index in [0.717, 1.165) is 25.2 Å². The Morgan fingerprint density at radius 1 is 0.971 bits per heavy atom. The van der Waals surface area contributed by atoms with Crippen LogP contribution >= 0.6 is 0 Å². The van der Waals surface area contributed by atoms with E-state index >= 15 is 0 Å². The van der Waals surface area contributed by atoms with Gasteiger partial charge in [0.15, 0.2) is 0 Å². The van der Waals surface area contributed by atoms with Crippen LogP contribution in [-0.4, -0.2) is 42.0 Å². The van der Waals surface area contributed by atoms with E-state index in [1.807, 2.05) is 36.4 Å². The minimum Gasteiger partial charge on any atom is -0.490 e. The van der Waals surface area contributed by atoms with Crippen LogP contribution in [0, 0.1) is 10.1 Å². The van der Waals surface area contributed by atoms with E-state index < -0.39 is 10.8 Å². The summed E-state index contributed by atoms with van der Waals surface area (Å²) < 4.78 is 5.89. The zero-order valence-corrected chi connectivity index (χ0v) is 19.5. The Balaban J connectivity index is 1.70. The lowest BCUT2D eigenvalue weighted by molar-refractivity contribution is -0.384. The molecular formula is C26H30N4O4. The predicted molar refractivity (Wildman–Crippen MR) is 135 cm³/mol. The fourth-order valence-corrected chi connectivity index (χ4v) is 3.48. The molecule has 0 aliphatic heterocycles. The van der Waals surface area contributed by atoms with Gasteiger partial charge in [0, 0.05) is 24.7 Å². The summed E-state index contributed by atoms with van der Waals surface area (Å²) in [6.07, 6.45) is 0. The van der Waals surface area contributed by atoms with Crippen LogP contribution in [-0.2, 0) is 6.54 Å². The highest BCUT2D eigenvalue weighted by atomic mass is 16.6. The zero-order chi connectivity index (χ0) is 24.3. The number of benzene rings is 3. The van der Waals surface area contributed by atoms with Gasteiger partial charge >= 0.3 is 0 Å². The van der Waals surface area contributed by atoms with Crippen molar-refractivity contribution in [2.24, 2.45) is 0 Å². The maximum Gasteiger partial charge on any atom is 0.293 e. The van der Waals surface area contributed by atoms with Crippen molar-refractivity contribution >= 4 is 23.0 Å². The van der Waals surface area contributed by atoms with Crippen molar-refractivity contribution in [3.8, 4) is 5.75 Å². The van der Waals surface area contributed by atoms with E-state index in [2.05, 4.69) is 29.4 Å². The van der Waals surface area contributed by atoms with Gasteiger partial charge < -0.3 is 20.3 Å². The monoisotopic (exact) mass is 462 g/mol. The average Bonchev–Trinajstić information content (AvgIpc) is 2.86. The second-order valence-corrected chi connectivity index (χ2v) is 7.65. The number of anilines is 2. The number of nitrogens with one attached hydrogen (secondary N) is 2. The lowest BCUT2D eigenvalue weighted by atomic mass is 10.1. The van der Waals surface area contributed by atoms with Crippen LogP contribution in [0.25, 0.3) is 0 Å². The summed E-state index contributed by atoms with van der Waals surface area (Å²) in [5.74, 6) is 0.108. The standard InChI is InChI=1S/C26H30N4O4/c1-3-29(4-2)16-17-34-25-13-9-8-12-23(25)28-26(31)21-14-15-22(24(18-21)30(32)33)27-19-20-10-6-5-7-11-20/h5-15,18,27H,3-4,16-17,19H2,1-2H3,(H,28,31). The van der Waals surface area contributed by atoms with Gasteiger partial charge in [-0.05, 0) is 42.9 Å². The van der Waals surface area contributed by atoms with Crippen molar-refractivity contribution < 1.29 is 14.5 Å². The Hall–Kier alpha value is -3.91. The molecule has 0 aromatic heterocycles. The molecule has 0 radical (unpaired) electrons. The van der Waals surface area contributed by atoms with Gasteiger partial charge in [-0.3, -0.25) is 14.9 Å². The first-order chi connectivity index (χ1) is 16.5. The fourth-order valence-electron chi connectivity index (χ4n) is 3.48. The number of carbonyl (C=O) groups is 1. The Morgan fingerprint density at radius 2 is 1.68 bits per heavy atom. The first-order valence-corrected chi connectivity index (χ1v) is 11.3. The highest BCUT2D eigenvalue weighted by molar-refractivity contribution is 6.05. The topological polar surface area (TPSA) is 96.7 Å². The average molecular weight is 463 g/mol. The van der Waals surface area contributed by atoms with Gasteiger partial charge in [0.25, 0.3) is 11.6 Å². The number of ether oxygens (including phenoxy) is 1. The van der Waals surface area contributed by atoms with Crippen molar-refractivity contribution in [3.63, 3.8) is 0 Å². The fraction of sp³-hybridized carbons (Fsp3) is 0.269. The molecule has 3 aromatic carbocycles. The smallest absolute Gasteiger partial charge is 0.293 e. The van der Waals surface area contributed by atoms with Crippen LogP contribution in [0.3, 0.4) is 0 Å². The maximum absolute atomic E-state index is 12.9. The number of likely N-dealkylation sites (N-methyl/N-ethyl adjacent to an activating group) is 1. The quantitative estimate of drug-likeness (QED) is 0.284. The molecule has 0 spiro atoms. The third kappa shape index (κ3) is 6.79. The Labute approximate surface area is 199 Å². The first kappa shape index (κ1) is 24.7. The molecule has 0 unspecified atom stereocenters. The highest BCUT2D eigenvalue weighted by Crippen LogP contribution is 2.28. The third-order valence-corrected chi connectivity index (χ3v) is 5.48. The van der Waals surface area contributed by atoms with Crippen LogP contribution < -0.4 is 15.4 Å². The van der Waals surface area contributed by atoms with Crippen molar-refractivity contribution in [3.05, 3.63) is 94.0 Å². The summed E-state index contributed by atoms with van der Waals surface area (Å²) in [6.45, 7) is 7.77. The van der Waals surface area contributed by atoms with Crippen molar-refractivity contribution in [2.75, 3.05) is 36.9 Å². The van der Waals surface area contributed by atoms with Gasteiger partial charge in [0.05, 0.1) is 10.6 Å². The molecule has 0 aliphatic rings. The highest BCUT2D eigenvalue weighted by Gasteiger charge is 2.18. The molecule has 3 rings (SSSR count). The second-order valence-electron chi connectivity index (χ2n) is 7.65. The molecule has 3 aromatic rings. The van der Waals surface area contributed by atoms with E-state index in [1.54, 1.807) is 30.3 Å². The number of nitro groups is 1. The van der Waals surface area contributed by atoms with E-state index in [0.29, 0.717) is 30.3 Å². The van der Waals surface area contributed by atoms with E-state index in [1.165, 1.54) is 6.07 Å². The summed E-state index contributed by atoms with van der Waals surface area (Å²) >= 11 is 0. The van der Waals surface area contributed by atoms with Gasteiger partial charge in [-0.15, -0.1) is 0 Å². The Kier molecular flexibility index (Phi) is 8.99. The van der Waals surface area contributed by atoms with Gasteiger partial charge in [-0.2, -0.15) is 0 Å². The van der Waals surface area contributed by atoms with Crippen LogP contribution in [0.1, 0.15) is 29.8 Å². The van der Waals surface area contributed by atoms with Crippen LogP contribution in [0.2, 0.25) is 0 Å². The van der Waals surface area contributed by atoms with E-state index in [4.69, 9.17) is 4.74 Å². The molecule has 0 heterocycles. The molecular weight excluding hydrogens is 432 g/mol. The molecule has 0 saturated carbocycles. The summed E-state index contributed by atoms with van der Waals surface area (Å²) in [5.41, 5.74) is 1.89. The predicted octanol–water partition coefficient (Wildman–Crippen LogP) is 5.18. The molecule has 34 heavy (non-hydrogen) atoms. The second kappa shape index (κ2) is 12.4. The molecule has 8 heteroatoms. The number of nitro benzene ring substituents is 1. The molecule has 0 atom stereocenters. The number of rotatable bonds is 12. The first-order valence-electron chi connectivity index (χ1n) is 11.3. The van der Waals surface area contributed by atoms with Crippen molar-refractivity contribution in [1.82, 2.24) is 4.90 Å². The largest absolute Gasteiger partial charge is 0.490 e. The molecule has 8 nitrogen and oxygen atoms in total. The van der Waals surface area contributed by atoms with E-state index in [-0.39, 0.29) is 11.3 Å². The SMILES string of the molecule is CCN(CC)CCOc1ccccc1NC(=O)c1ccc(NCc2ccccc2)c([N+](=O)[O-])c1. The Bertz CT molecular complexity index is 1100. The van der Waals surface area contributed by atoms with Gasteiger partial charge in [0.1, 0.15) is 18.0 Å².